The van der Waals surface area contributed by atoms with E-state index in [9.17, 15) is 0 Å². The number of halogens is 1. The standard InChI is InChI=1S/C15H24N2.ClH/c1-13-3-5-14(6-4-13)11-17(2)12-15-7-9-16-10-8-15;/h3-6,15-16H,7-12H2,1-2H3;1H. The van der Waals surface area contributed by atoms with Crippen LogP contribution in [-0.2, 0) is 6.54 Å². The van der Waals surface area contributed by atoms with Gasteiger partial charge in [0.1, 0.15) is 0 Å². The molecule has 1 N–H and O–H groups in total. The molecule has 0 amide bonds. The topological polar surface area (TPSA) is 15.3 Å². The van der Waals surface area contributed by atoms with Crippen LogP contribution in [0.4, 0.5) is 0 Å². The van der Waals surface area contributed by atoms with E-state index in [2.05, 4.69) is 48.5 Å². The van der Waals surface area contributed by atoms with Gasteiger partial charge in [-0.05, 0) is 51.4 Å². The Morgan fingerprint density at radius 1 is 1.17 bits per heavy atom. The van der Waals surface area contributed by atoms with Gasteiger partial charge in [0.15, 0.2) is 0 Å². The predicted octanol–water partition coefficient (Wildman–Crippen LogP) is 2.85. The number of hydrogen-bond acceptors (Lipinski definition) is 2. The van der Waals surface area contributed by atoms with Crippen LogP contribution in [0.2, 0.25) is 0 Å². The molecule has 0 bridgehead atoms. The molecule has 0 unspecified atom stereocenters. The molecule has 1 fully saturated rings. The Morgan fingerprint density at radius 2 is 1.78 bits per heavy atom. The van der Waals surface area contributed by atoms with E-state index in [4.69, 9.17) is 0 Å². The molecule has 2 rings (SSSR count). The van der Waals surface area contributed by atoms with E-state index in [1.54, 1.807) is 0 Å². The molecule has 0 atom stereocenters. The Balaban J connectivity index is 0.00000162. The maximum atomic E-state index is 3.43. The zero-order valence-corrected chi connectivity index (χ0v) is 12.3. The van der Waals surface area contributed by atoms with Crippen molar-refractivity contribution >= 4 is 12.4 Å². The molecule has 0 radical (unpaired) electrons. The first-order chi connectivity index (χ1) is 8.24. The summed E-state index contributed by atoms with van der Waals surface area (Å²) >= 11 is 0. The fourth-order valence-corrected chi connectivity index (χ4v) is 2.57. The SMILES string of the molecule is Cc1ccc(CN(C)CC2CCNCC2)cc1.Cl. The fraction of sp³-hybridized carbons (Fsp3) is 0.600. The Morgan fingerprint density at radius 3 is 2.39 bits per heavy atom. The highest BCUT2D eigenvalue weighted by Gasteiger charge is 2.14. The lowest BCUT2D eigenvalue weighted by atomic mass is 9.97. The highest BCUT2D eigenvalue weighted by atomic mass is 35.5. The van der Waals surface area contributed by atoms with Gasteiger partial charge >= 0.3 is 0 Å². The molecule has 1 aromatic carbocycles. The van der Waals surface area contributed by atoms with E-state index in [0.717, 1.165) is 12.5 Å². The molecule has 1 aliphatic rings. The summed E-state index contributed by atoms with van der Waals surface area (Å²) in [5.74, 6) is 0.881. The first-order valence-corrected chi connectivity index (χ1v) is 6.69. The normalized spacial score (nSPS) is 16.6. The van der Waals surface area contributed by atoms with Gasteiger partial charge in [-0.2, -0.15) is 0 Å². The van der Waals surface area contributed by atoms with E-state index in [1.165, 1.54) is 43.6 Å². The number of nitrogens with zero attached hydrogens (tertiary/aromatic N) is 1. The lowest BCUT2D eigenvalue weighted by Crippen LogP contribution is -2.34. The summed E-state index contributed by atoms with van der Waals surface area (Å²) in [6.07, 6.45) is 2.66. The minimum Gasteiger partial charge on any atom is -0.317 e. The second kappa shape index (κ2) is 7.78. The maximum absolute atomic E-state index is 3.43. The van der Waals surface area contributed by atoms with Crippen LogP contribution < -0.4 is 5.32 Å². The first-order valence-electron chi connectivity index (χ1n) is 6.69. The summed E-state index contributed by atoms with van der Waals surface area (Å²) in [6.45, 7) is 6.84. The van der Waals surface area contributed by atoms with Crippen molar-refractivity contribution in [2.45, 2.75) is 26.3 Å². The van der Waals surface area contributed by atoms with Crippen LogP contribution in [0.5, 0.6) is 0 Å². The van der Waals surface area contributed by atoms with Crippen LogP contribution in [0.1, 0.15) is 24.0 Å². The van der Waals surface area contributed by atoms with Gasteiger partial charge in [-0.3, -0.25) is 0 Å². The lowest BCUT2D eigenvalue weighted by Gasteiger charge is -2.27. The van der Waals surface area contributed by atoms with E-state index in [1.807, 2.05) is 0 Å². The number of hydrogen-bond donors (Lipinski definition) is 1. The van der Waals surface area contributed by atoms with Gasteiger partial charge in [-0.25, -0.2) is 0 Å². The predicted molar refractivity (Wildman–Crippen MR) is 80.4 cm³/mol. The molecule has 18 heavy (non-hydrogen) atoms. The second-order valence-corrected chi connectivity index (χ2v) is 5.38. The quantitative estimate of drug-likeness (QED) is 0.903. The third-order valence-electron chi connectivity index (χ3n) is 3.60. The summed E-state index contributed by atoms with van der Waals surface area (Å²) in [5, 5.41) is 3.43. The zero-order chi connectivity index (χ0) is 12.1. The van der Waals surface area contributed by atoms with Crippen molar-refractivity contribution in [3.63, 3.8) is 0 Å². The molecular weight excluding hydrogens is 244 g/mol. The van der Waals surface area contributed by atoms with Crippen LogP contribution in [0.15, 0.2) is 24.3 Å². The van der Waals surface area contributed by atoms with Crippen LogP contribution >= 0.6 is 12.4 Å². The minimum atomic E-state index is 0. The third kappa shape index (κ3) is 4.97. The van der Waals surface area contributed by atoms with Gasteiger partial charge in [0.05, 0.1) is 0 Å². The molecule has 0 aliphatic carbocycles. The van der Waals surface area contributed by atoms with E-state index >= 15 is 0 Å². The summed E-state index contributed by atoms with van der Waals surface area (Å²) in [5.41, 5.74) is 2.77. The van der Waals surface area contributed by atoms with Crippen LogP contribution in [0, 0.1) is 12.8 Å². The number of aryl methyl sites for hydroxylation is 1. The molecule has 102 valence electrons. The zero-order valence-electron chi connectivity index (χ0n) is 11.5. The van der Waals surface area contributed by atoms with Crippen molar-refractivity contribution in [2.24, 2.45) is 5.92 Å². The number of benzene rings is 1. The molecule has 3 heteroatoms. The number of nitrogens with one attached hydrogen (secondary N) is 1. The minimum absolute atomic E-state index is 0. The van der Waals surface area contributed by atoms with Gasteiger partial charge < -0.3 is 10.2 Å². The highest BCUT2D eigenvalue weighted by molar-refractivity contribution is 5.85. The van der Waals surface area contributed by atoms with Crippen LogP contribution in [-0.4, -0.2) is 31.6 Å². The van der Waals surface area contributed by atoms with Gasteiger partial charge in [0.25, 0.3) is 0 Å². The summed E-state index contributed by atoms with van der Waals surface area (Å²) in [6, 6.07) is 8.89. The van der Waals surface area contributed by atoms with Gasteiger partial charge in [-0.15, -0.1) is 12.4 Å². The fourth-order valence-electron chi connectivity index (χ4n) is 2.57. The third-order valence-corrected chi connectivity index (χ3v) is 3.60. The van der Waals surface area contributed by atoms with E-state index < -0.39 is 0 Å². The summed E-state index contributed by atoms with van der Waals surface area (Å²) < 4.78 is 0. The Kier molecular flexibility index (Phi) is 6.69. The lowest BCUT2D eigenvalue weighted by molar-refractivity contribution is 0.234. The second-order valence-electron chi connectivity index (χ2n) is 5.38. The van der Waals surface area contributed by atoms with E-state index in [0.29, 0.717) is 0 Å². The average molecular weight is 269 g/mol. The summed E-state index contributed by atoms with van der Waals surface area (Å²) in [4.78, 5) is 2.46. The van der Waals surface area contributed by atoms with Crippen LogP contribution in [0.25, 0.3) is 0 Å². The van der Waals surface area contributed by atoms with Crippen molar-refractivity contribution in [1.82, 2.24) is 10.2 Å². The smallest absolute Gasteiger partial charge is 0.0230 e. The van der Waals surface area contributed by atoms with Gasteiger partial charge in [0, 0.05) is 13.1 Å². The number of piperidine rings is 1. The Hall–Kier alpha value is -0.570. The molecule has 0 spiro atoms. The van der Waals surface area contributed by atoms with Crippen LogP contribution in [0.3, 0.4) is 0 Å². The summed E-state index contributed by atoms with van der Waals surface area (Å²) in [7, 11) is 2.24. The molecule has 0 saturated carbocycles. The van der Waals surface area contributed by atoms with Crippen molar-refractivity contribution in [1.29, 1.82) is 0 Å². The van der Waals surface area contributed by atoms with Crippen molar-refractivity contribution < 1.29 is 0 Å². The first kappa shape index (κ1) is 15.5. The molecule has 1 aliphatic heterocycles. The van der Waals surface area contributed by atoms with Gasteiger partial charge in [-0.1, -0.05) is 29.8 Å². The molecular formula is C15H25ClN2. The Bertz CT molecular complexity index is 331. The van der Waals surface area contributed by atoms with Crippen molar-refractivity contribution in [3.05, 3.63) is 35.4 Å². The maximum Gasteiger partial charge on any atom is 0.0230 e. The average Bonchev–Trinajstić information content (AvgIpc) is 2.33. The monoisotopic (exact) mass is 268 g/mol. The molecule has 1 heterocycles. The van der Waals surface area contributed by atoms with Crippen molar-refractivity contribution in [3.8, 4) is 0 Å². The highest BCUT2D eigenvalue weighted by Crippen LogP contribution is 2.14. The number of rotatable bonds is 4. The molecule has 1 aromatic rings. The molecule has 0 aromatic heterocycles. The van der Waals surface area contributed by atoms with Gasteiger partial charge in [0.2, 0.25) is 0 Å². The van der Waals surface area contributed by atoms with E-state index in [-0.39, 0.29) is 12.4 Å². The largest absolute Gasteiger partial charge is 0.317 e. The molecule has 1 saturated heterocycles. The van der Waals surface area contributed by atoms with Crippen molar-refractivity contribution in [2.75, 3.05) is 26.7 Å². The Labute approximate surface area is 117 Å². The molecule has 2 nitrogen and oxygen atoms in total.